The molecule has 7 nitrogen and oxygen atoms in total. The van der Waals surface area contributed by atoms with E-state index in [1.54, 1.807) is 10.6 Å². The lowest BCUT2D eigenvalue weighted by Gasteiger charge is -2.11. The Hall–Kier alpha value is -3.47. The van der Waals surface area contributed by atoms with Gasteiger partial charge in [-0.15, -0.1) is 0 Å². The third-order valence-electron chi connectivity index (χ3n) is 5.24. The molecule has 0 unspecified atom stereocenters. The molecule has 8 heteroatoms. The highest BCUT2D eigenvalue weighted by molar-refractivity contribution is 6.29. The van der Waals surface area contributed by atoms with Crippen LogP contribution >= 0.6 is 11.6 Å². The number of benzene rings is 1. The van der Waals surface area contributed by atoms with E-state index in [2.05, 4.69) is 16.4 Å². The van der Waals surface area contributed by atoms with Crippen LogP contribution in [0.2, 0.25) is 5.15 Å². The lowest BCUT2D eigenvalue weighted by molar-refractivity contribution is 0.195. The Bertz CT molecular complexity index is 1300. The van der Waals surface area contributed by atoms with Gasteiger partial charge >= 0.3 is 0 Å². The lowest BCUT2D eigenvalue weighted by Crippen LogP contribution is -2.19. The van der Waals surface area contributed by atoms with E-state index in [9.17, 15) is 5.26 Å². The molecule has 1 aliphatic heterocycles. The van der Waals surface area contributed by atoms with Crippen molar-refractivity contribution < 1.29 is 4.74 Å². The normalized spacial score (nSPS) is 15.8. The summed E-state index contributed by atoms with van der Waals surface area (Å²) in [7, 11) is 0. The molecule has 1 aliphatic rings. The van der Waals surface area contributed by atoms with Crippen molar-refractivity contribution in [3.63, 3.8) is 0 Å². The molecule has 3 aromatic heterocycles. The maximum atomic E-state index is 9.35. The SMILES string of the molecule is Cc1cc(-c2c(-c3cccc(C#N)c3)nn3ccc(N[C@@H]4CCOC4)nc23)cc(Cl)n1. The van der Waals surface area contributed by atoms with E-state index in [0.29, 0.717) is 23.0 Å². The predicted molar refractivity (Wildman–Crippen MR) is 119 cm³/mol. The number of pyridine rings is 1. The fourth-order valence-corrected chi connectivity index (χ4v) is 4.09. The van der Waals surface area contributed by atoms with Crippen molar-refractivity contribution in [1.82, 2.24) is 19.6 Å². The van der Waals surface area contributed by atoms with E-state index < -0.39 is 0 Å². The van der Waals surface area contributed by atoms with Crippen molar-refractivity contribution in [2.45, 2.75) is 19.4 Å². The number of halogens is 1. The highest BCUT2D eigenvalue weighted by Gasteiger charge is 2.21. The molecule has 1 atom stereocenters. The van der Waals surface area contributed by atoms with E-state index in [-0.39, 0.29) is 6.04 Å². The summed E-state index contributed by atoms with van der Waals surface area (Å²) in [6.45, 7) is 3.33. The Balaban J connectivity index is 1.72. The van der Waals surface area contributed by atoms with E-state index in [1.807, 2.05) is 49.5 Å². The molecule has 154 valence electrons. The number of aryl methyl sites for hydroxylation is 1. The molecule has 0 spiro atoms. The van der Waals surface area contributed by atoms with Crippen molar-refractivity contribution in [2.24, 2.45) is 0 Å². The van der Waals surface area contributed by atoms with Crippen molar-refractivity contribution in [1.29, 1.82) is 5.26 Å². The second kappa shape index (κ2) is 7.99. The van der Waals surface area contributed by atoms with Gasteiger partial charge < -0.3 is 10.1 Å². The zero-order valence-electron chi connectivity index (χ0n) is 16.8. The number of hydrogen-bond donors (Lipinski definition) is 1. The van der Waals surface area contributed by atoms with E-state index >= 15 is 0 Å². The Morgan fingerprint density at radius 3 is 2.87 bits per heavy atom. The monoisotopic (exact) mass is 430 g/mol. The molecule has 31 heavy (non-hydrogen) atoms. The van der Waals surface area contributed by atoms with Gasteiger partial charge in [0.05, 0.1) is 29.8 Å². The maximum Gasteiger partial charge on any atom is 0.165 e. The molecular weight excluding hydrogens is 412 g/mol. The minimum absolute atomic E-state index is 0.241. The summed E-state index contributed by atoms with van der Waals surface area (Å²) in [5.74, 6) is 0.762. The summed E-state index contributed by atoms with van der Waals surface area (Å²) in [6, 6.07) is 15.5. The van der Waals surface area contributed by atoms with E-state index in [0.717, 1.165) is 46.9 Å². The Kier molecular flexibility index (Phi) is 5.02. The number of ether oxygens (including phenoxy) is 1. The van der Waals surface area contributed by atoms with Crippen molar-refractivity contribution in [2.75, 3.05) is 18.5 Å². The van der Waals surface area contributed by atoms with Crippen molar-refractivity contribution in [3.05, 3.63) is 65.1 Å². The van der Waals surface area contributed by atoms with Crippen LogP contribution in [0.15, 0.2) is 48.7 Å². The molecule has 1 aromatic carbocycles. The quantitative estimate of drug-likeness (QED) is 0.480. The Labute approximate surface area is 184 Å². The van der Waals surface area contributed by atoms with Gasteiger partial charge in [0.25, 0.3) is 0 Å². The second-order valence-corrected chi connectivity index (χ2v) is 7.91. The van der Waals surface area contributed by atoms with Gasteiger partial charge in [-0.2, -0.15) is 10.4 Å². The van der Waals surface area contributed by atoms with Crippen molar-refractivity contribution in [3.8, 4) is 28.5 Å². The average molecular weight is 431 g/mol. The van der Waals surface area contributed by atoms with Crippen LogP contribution < -0.4 is 5.32 Å². The fourth-order valence-electron chi connectivity index (χ4n) is 3.84. The molecule has 0 bridgehead atoms. The van der Waals surface area contributed by atoms with Gasteiger partial charge in [0.1, 0.15) is 16.7 Å². The van der Waals surface area contributed by atoms with Crippen LogP contribution in [-0.4, -0.2) is 38.8 Å². The summed E-state index contributed by atoms with van der Waals surface area (Å²) in [4.78, 5) is 9.16. The highest BCUT2D eigenvalue weighted by Crippen LogP contribution is 2.36. The van der Waals surface area contributed by atoms with Gasteiger partial charge in [-0.3, -0.25) is 0 Å². The molecule has 1 N–H and O–H groups in total. The molecular formula is C23H19ClN6O. The molecule has 0 aliphatic carbocycles. The van der Waals surface area contributed by atoms with Crippen LogP contribution in [-0.2, 0) is 4.74 Å². The zero-order chi connectivity index (χ0) is 21.4. The highest BCUT2D eigenvalue weighted by atomic mass is 35.5. The Morgan fingerprint density at radius 2 is 2.10 bits per heavy atom. The number of anilines is 1. The molecule has 1 fully saturated rings. The fraction of sp³-hybridized carbons (Fsp3) is 0.217. The summed E-state index contributed by atoms with van der Waals surface area (Å²) in [5, 5.41) is 18.0. The number of fused-ring (bicyclic) bond motifs is 1. The number of hydrogen-bond acceptors (Lipinski definition) is 6. The molecule has 4 aromatic rings. The van der Waals surface area contributed by atoms with Crippen LogP contribution in [0.1, 0.15) is 17.7 Å². The standard InChI is InChI=1S/C23H19ClN6O/c1-14-9-17(11-19(24)26-14)21-22(16-4-2-3-15(10-16)12-25)29-30-7-5-20(28-23(21)30)27-18-6-8-31-13-18/h2-5,7,9-11,18H,6,8,13H2,1H3,(H,27,28)/t18-/m1/s1. The van der Waals surface area contributed by atoms with E-state index in [4.69, 9.17) is 26.4 Å². The van der Waals surface area contributed by atoms with Gasteiger partial charge in [0.15, 0.2) is 5.65 Å². The third kappa shape index (κ3) is 3.83. The third-order valence-corrected chi connectivity index (χ3v) is 5.44. The molecule has 0 amide bonds. The van der Waals surface area contributed by atoms with Crippen LogP contribution in [0.25, 0.3) is 28.0 Å². The second-order valence-electron chi connectivity index (χ2n) is 7.52. The molecule has 0 saturated carbocycles. The Morgan fingerprint density at radius 1 is 1.19 bits per heavy atom. The summed E-state index contributed by atoms with van der Waals surface area (Å²) >= 11 is 6.28. The zero-order valence-corrected chi connectivity index (χ0v) is 17.6. The van der Waals surface area contributed by atoms with Gasteiger partial charge in [-0.25, -0.2) is 14.5 Å². The molecule has 1 saturated heterocycles. The molecule has 4 heterocycles. The number of aromatic nitrogens is 4. The summed E-state index contributed by atoms with van der Waals surface area (Å²) in [5.41, 5.74) is 5.35. The number of nitriles is 1. The molecule has 0 radical (unpaired) electrons. The first kappa shape index (κ1) is 19.5. The number of nitrogens with zero attached hydrogens (tertiary/aromatic N) is 5. The van der Waals surface area contributed by atoms with Crippen LogP contribution in [0, 0.1) is 18.3 Å². The maximum absolute atomic E-state index is 9.35. The molecule has 5 rings (SSSR count). The average Bonchev–Trinajstić information content (AvgIpc) is 3.40. The smallest absolute Gasteiger partial charge is 0.165 e. The number of rotatable bonds is 4. The van der Waals surface area contributed by atoms with Gasteiger partial charge in [0, 0.05) is 24.1 Å². The largest absolute Gasteiger partial charge is 0.379 e. The first-order valence-corrected chi connectivity index (χ1v) is 10.4. The first-order chi connectivity index (χ1) is 15.1. The first-order valence-electron chi connectivity index (χ1n) is 9.99. The summed E-state index contributed by atoms with van der Waals surface area (Å²) < 4.78 is 7.22. The van der Waals surface area contributed by atoms with Crippen molar-refractivity contribution >= 4 is 23.1 Å². The van der Waals surface area contributed by atoms with Gasteiger partial charge in [0.2, 0.25) is 0 Å². The minimum Gasteiger partial charge on any atom is -0.379 e. The summed E-state index contributed by atoms with van der Waals surface area (Å²) in [6.07, 6.45) is 2.83. The topological polar surface area (TPSA) is 88.1 Å². The van der Waals surface area contributed by atoms with Crippen LogP contribution in [0.3, 0.4) is 0 Å². The predicted octanol–water partition coefficient (Wildman–Crippen LogP) is 4.49. The minimum atomic E-state index is 0.241. The lowest BCUT2D eigenvalue weighted by atomic mass is 10.00. The van der Waals surface area contributed by atoms with E-state index in [1.165, 1.54) is 0 Å². The van der Waals surface area contributed by atoms with Crippen LogP contribution in [0.5, 0.6) is 0 Å². The van der Waals surface area contributed by atoms with Crippen LogP contribution in [0.4, 0.5) is 5.82 Å². The van der Waals surface area contributed by atoms with Gasteiger partial charge in [-0.05, 0) is 49.2 Å². The number of nitrogens with one attached hydrogen (secondary N) is 1. The van der Waals surface area contributed by atoms with Gasteiger partial charge in [-0.1, -0.05) is 23.7 Å².